The number of benzene rings is 1. The molecule has 6 heteroatoms. The second-order valence-corrected chi connectivity index (χ2v) is 9.30. The van der Waals surface area contributed by atoms with Crippen molar-refractivity contribution in [2.24, 2.45) is 5.92 Å². The summed E-state index contributed by atoms with van der Waals surface area (Å²) in [4.78, 5) is 0.351. The summed E-state index contributed by atoms with van der Waals surface area (Å²) < 4.78 is 28.0. The van der Waals surface area contributed by atoms with Crippen LogP contribution in [0.5, 0.6) is 0 Å². The minimum Gasteiger partial charge on any atom is -0.390 e. The molecule has 3 rings (SSSR count). The van der Waals surface area contributed by atoms with E-state index in [4.69, 9.17) is 0 Å². The number of fused-ring (bicyclic) bond motifs is 1. The van der Waals surface area contributed by atoms with Crippen molar-refractivity contribution in [3.05, 3.63) is 27.8 Å². The van der Waals surface area contributed by atoms with Gasteiger partial charge in [0.05, 0.1) is 10.5 Å². The van der Waals surface area contributed by atoms with Crippen LogP contribution in [0.15, 0.2) is 29.2 Å². The third-order valence-electron chi connectivity index (χ3n) is 4.84. The van der Waals surface area contributed by atoms with Crippen molar-refractivity contribution in [1.29, 1.82) is 0 Å². The molecule has 1 aromatic rings. The van der Waals surface area contributed by atoms with Gasteiger partial charge in [-0.1, -0.05) is 12.8 Å². The van der Waals surface area contributed by atoms with Gasteiger partial charge in [-0.05, 0) is 66.1 Å². The van der Waals surface area contributed by atoms with Gasteiger partial charge in [0.2, 0.25) is 10.0 Å². The number of aliphatic hydroxyl groups is 1. The number of piperidine rings is 1. The Labute approximate surface area is 139 Å². The molecule has 0 radical (unpaired) electrons. The van der Waals surface area contributed by atoms with Crippen LogP contribution in [0, 0.1) is 9.49 Å². The molecular weight excluding hydrogens is 401 g/mol. The highest BCUT2D eigenvalue weighted by Gasteiger charge is 2.45. The molecule has 1 saturated heterocycles. The van der Waals surface area contributed by atoms with Crippen molar-refractivity contribution in [2.75, 3.05) is 13.1 Å². The normalized spacial score (nSPS) is 30.9. The molecule has 116 valence electrons. The SMILES string of the molecule is O=S(=O)(c1ccc(I)cc1)N1CCC2(O)CCCCC2C1. The molecule has 2 unspecified atom stereocenters. The third-order valence-corrected chi connectivity index (χ3v) is 7.44. The first-order valence-corrected chi connectivity index (χ1v) is 9.92. The van der Waals surface area contributed by atoms with Gasteiger partial charge in [0.15, 0.2) is 0 Å². The fraction of sp³-hybridized carbons (Fsp3) is 0.600. The zero-order valence-electron chi connectivity index (χ0n) is 11.8. The zero-order chi connectivity index (χ0) is 15.1. The number of hydrogen-bond acceptors (Lipinski definition) is 3. The highest BCUT2D eigenvalue weighted by molar-refractivity contribution is 14.1. The molecule has 2 fully saturated rings. The molecule has 21 heavy (non-hydrogen) atoms. The average Bonchev–Trinajstić information content (AvgIpc) is 2.46. The number of rotatable bonds is 2. The molecule has 0 amide bonds. The summed E-state index contributed by atoms with van der Waals surface area (Å²) in [6.45, 7) is 0.867. The minimum absolute atomic E-state index is 0.0821. The van der Waals surface area contributed by atoms with E-state index in [2.05, 4.69) is 22.6 Å². The van der Waals surface area contributed by atoms with Crippen molar-refractivity contribution in [2.45, 2.75) is 42.6 Å². The molecular formula is C15H20INO3S. The lowest BCUT2D eigenvalue weighted by molar-refractivity contribution is -0.0816. The van der Waals surface area contributed by atoms with E-state index in [0.717, 1.165) is 29.3 Å². The van der Waals surface area contributed by atoms with Crippen LogP contribution in [-0.4, -0.2) is 36.5 Å². The molecule has 0 spiro atoms. The summed E-state index contributed by atoms with van der Waals surface area (Å²) in [5.74, 6) is 0.0821. The fourth-order valence-electron chi connectivity index (χ4n) is 3.51. The van der Waals surface area contributed by atoms with E-state index in [-0.39, 0.29) is 5.92 Å². The first kappa shape index (κ1) is 15.7. The van der Waals surface area contributed by atoms with E-state index >= 15 is 0 Å². The van der Waals surface area contributed by atoms with E-state index in [1.165, 1.54) is 0 Å². The second-order valence-electron chi connectivity index (χ2n) is 6.11. The molecule has 2 atom stereocenters. The van der Waals surface area contributed by atoms with Gasteiger partial charge in [-0.3, -0.25) is 0 Å². The summed E-state index contributed by atoms with van der Waals surface area (Å²) in [6.07, 6.45) is 4.44. The molecule has 1 saturated carbocycles. The maximum Gasteiger partial charge on any atom is 0.243 e. The predicted molar refractivity (Wildman–Crippen MR) is 89.4 cm³/mol. The van der Waals surface area contributed by atoms with Gasteiger partial charge in [0.25, 0.3) is 0 Å². The van der Waals surface area contributed by atoms with Crippen molar-refractivity contribution in [3.8, 4) is 0 Å². The Morgan fingerprint density at radius 3 is 2.62 bits per heavy atom. The topological polar surface area (TPSA) is 57.6 Å². The first-order valence-electron chi connectivity index (χ1n) is 7.40. The predicted octanol–water partition coefficient (Wildman–Crippen LogP) is 2.61. The van der Waals surface area contributed by atoms with E-state index < -0.39 is 15.6 Å². The number of sulfonamides is 1. The van der Waals surface area contributed by atoms with Gasteiger partial charge in [-0.25, -0.2) is 8.42 Å². The standard InChI is InChI=1S/C15H20INO3S/c16-13-4-6-14(7-5-13)21(19,20)17-10-9-15(18)8-2-1-3-12(15)11-17/h4-7,12,18H,1-3,8-11H2. The molecule has 0 bridgehead atoms. The lowest BCUT2D eigenvalue weighted by atomic mass is 9.72. The largest absolute Gasteiger partial charge is 0.390 e. The third kappa shape index (κ3) is 3.00. The van der Waals surface area contributed by atoms with Gasteiger partial charge in [0, 0.05) is 22.6 Å². The molecule has 1 heterocycles. The van der Waals surface area contributed by atoms with Gasteiger partial charge < -0.3 is 5.11 Å². The van der Waals surface area contributed by atoms with Crippen molar-refractivity contribution < 1.29 is 13.5 Å². The highest BCUT2D eigenvalue weighted by atomic mass is 127. The summed E-state index contributed by atoms with van der Waals surface area (Å²) in [6, 6.07) is 6.96. The van der Waals surface area contributed by atoms with Crippen LogP contribution < -0.4 is 0 Å². The molecule has 1 N–H and O–H groups in total. The Kier molecular flexibility index (Phi) is 4.33. The van der Waals surface area contributed by atoms with Gasteiger partial charge in [0.1, 0.15) is 0 Å². The van der Waals surface area contributed by atoms with Crippen LogP contribution in [0.4, 0.5) is 0 Å². The zero-order valence-corrected chi connectivity index (χ0v) is 14.8. The van der Waals surface area contributed by atoms with E-state index in [9.17, 15) is 13.5 Å². The van der Waals surface area contributed by atoms with Crippen LogP contribution in [0.1, 0.15) is 32.1 Å². The van der Waals surface area contributed by atoms with Gasteiger partial charge in [-0.2, -0.15) is 4.31 Å². The summed E-state index contributed by atoms with van der Waals surface area (Å²) >= 11 is 2.16. The maximum atomic E-state index is 12.7. The molecule has 1 aromatic carbocycles. The number of hydrogen-bond donors (Lipinski definition) is 1. The first-order chi connectivity index (χ1) is 9.92. The Hall–Kier alpha value is -0.180. The van der Waals surface area contributed by atoms with Crippen LogP contribution in [-0.2, 0) is 10.0 Å². The Balaban J connectivity index is 1.82. The monoisotopic (exact) mass is 421 g/mol. The van der Waals surface area contributed by atoms with Crippen LogP contribution in [0.25, 0.3) is 0 Å². The quantitative estimate of drug-likeness (QED) is 0.748. The van der Waals surface area contributed by atoms with Crippen molar-refractivity contribution in [1.82, 2.24) is 4.31 Å². The molecule has 2 aliphatic rings. The number of nitrogens with zero attached hydrogens (tertiary/aromatic N) is 1. The van der Waals surface area contributed by atoms with Crippen molar-refractivity contribution in [3.63, 3.8) is 0 Å². The molecule has 0 aromatic heterocycles. The molecule has 4 nitrogen and oxygen atoms in total. The summed E-state index contributed by atoms with van der Waals surface area (Å²) in [5.41, 5.74) is -0.643. The number of halogens is 1. The summed E-state index contributed by atoms with van der Waals surface area (Å²) in [5, 5.41) is 10.7. The molecule has 1 aliphatic heterocycles. The van der Waals surface area contributed by atoms with E-state index in [0.29, 0.717) is 24.4 Å². The lowest BCUT2D eigenvalue weighted by Crippen LogP contribution is -2.54. The molecule has 1 aliphatic carbocycles. The van der Waals surface area contributed by atoms with Crippen LogP contribution in [0.3, 0.4) is 0 Å². The minimum atomic E-state index is -3.44. The smallest absolute Gasteiger partial charge is 0.243 e. The second kappa shape index (κ2) is 5.79. The van der Waals surface area contributed by atoms with Gasteiger partial charge in [-0.15, -0.1) is 0 Å². The lowest BCUT2D eigenvalue weighted by Gasteiger charge is -2.46. The van der Waals surface area contributed by atoms with Crippen LogP contribution in [0.2, 0.25) is 0 Å². The van der Waals surface area contributed by atoms with Crippen LogP contribution >= 0.6 is 22.6 Å². The Bertz CT molecular complexity index is 616. The maximum absolute atomic E-state index is 12.7. The Morgan fingerprint density at radius 1 is 1.19 bits per heavy atom. The fourth-order valence-corrected chi connectivity index (χ4v) is 5.36. The van der Waals surface area contributed by atoms with Gasteiger partial charge >= 0.3 is 0 Å². The van der Waals surface area contributed by atoms with Crippen molar-refractivity contribution >= 4 is 32.6 Å². The summed E-state index contributed by atoms with van der Waals surface area (Å²) in [7, 11) is -3.44. The average molecular weight is 421 g/mol. The van der Waals surface area contributed by atoms with E-state index in [1.807, 2.05) is 12.1 Å². The van der Waals surface area contributed by atoms with E-state index in [1.54, 1.807) is 16.4 Å². The highest BCUT2D eigenvalue weighted by Crippen LogP contribution is 2.41. The Morgan fingerprint density at radius 2 is 1.90 bits per heavy atom.